The first-order valence-corrected chi connectivity index (χ1v) is 6.61. The number of H-pyrrole nitrogens is 2. The van der Waals surface area contributed by atoms with Gasteiger partial charge in [0, 0.05) is 0 Å². The Labute approximate surface area is 109 Å². The molecule has 3 rings (SSSR count). The molecule has 1 saturated carbocycles. The van der Waals surface area contributed by atoms with Gasteiger partial charge < -0.3 is 4.74 Å². The molecule has 2 aromatic rings. The largest absolute Gasteiger partial charge is 0.493 e. The molecule has 1 aromatic carbocycles. The standard InChI is InChI=1S/C14H16N2O3/c17-13-11-6-5-10(7-12(11)14(18)16-15-13)19-8-9-3-1-2-4-9/h5-7,9H,1-4,8H2,(H,15,17)(H,16,18). The molecule has 5 heteroatoms. The summed E-state index contributed by atoms with van der Waals surface area (Å²) in [4.78, 5) is 23.2. The fraction of sp³-hybridized carbons (Fsp3) is 0.429. The van der Waals surface area contributed by atoms with Gasteiger partial charge in [0.05, 0.1) is 17.4 Å². The molecule has 100 valence electrons. The Morgan fingerprint density at radius 2 is 1.74 bits per heavy atom. The summed E-state index contributed by atoms with van der Waals surface area (Å²) < 4.78 is 5.73. The van der Waals surface area contributed by atoms with E-state index in [-0.39, 0.29) is 11.1 Å². The molecular weight excluding hydrogens is 244 g/mol. The number of ether oxygens (including phenoxy) is 1. The zero-order chi connectivity index (χ0) is 13.2. The summed E-state index contributed by atoms with van der Waals surface area (Å²) in [5, 5.41) is 5.38. The van der Waals surface area contributed by atoms with Crippen molar-refractivity contribution in [2.24, 2.45) is 5.92 Å². The zero-order valence-electron chi connectivity index (χ0n) is 10.6. The number of aromatic amines is 2. The van der Waals surface area contributed by atoms with Gasteiger partial charge in [-0.05, 0) is 37.0 Å². The molecule has 1 aliphatic carbocycles. The summed E-state index contributed by atoms with van der Waals surface area (Å²) in [5.41, 5.74) is -0.599. The molecule has 1 aliphatic rings. The number of fused-ring (bicyclic) bond motifs is 1. The molecule has 0 aliphatic heterocycles. The van der Waals surface area contributed by atoms with Crippen LogP contribution in [0.25, 0.3) is 10.8 Å². The maximum Gasteiger partial charge on any atom is 0.270 e. The second kappa shape index (κ2) is 4.91. The van der Waals surface area contributed by atoms with Crippen LogP contribution >= 0.6 is 0 Å². The van der Waals surface area contributed by atoms with Crippen molar-refractivity contribution in [3.8, 4) is 5.75 Å². The van der Waals surface area contributed by atoms with Gasteiger partial charge in [-0.1, -0.05) is 12.8 Å². The first kappa shape index (κ1) is 12.0. The van der Waals surface area contributed by atoms with Crippen LogP contribution in [0.1, 0.15) is 25.7 Å². The van der Waals surface area contributed by atoms with E-state index in [1.54, 1.807) is 18.2 Å². The van der Waals surface area contributed by atoms with E-state index in [9.17, 15) is 9.59 Å². The number of rotatable bonds is 3. The lowest BCUT2D eigenvalue weighted by Crippen LogP contribution is -2.19. The van der Waals surface area contributed by atoms with Gasteiger partial charge in [0.15, 0.2) is 0 Å². The third-order valence-electron chi connectivity index (χ3n) is 3.73. The summed E-state index contributed by atoms with van der Waals surface area (Å²) in [6.45, 7) is 0.687. The van der Waals surface area contributed by atoms with Gasteiger partial charge >= 0.3 is 0 Å². The Kier molecular flexibility index (Phi) is 3.11. The van der Waals surface area contributed by atoms with Crippen LogP contribution < -0.4 is 15.9 Å². The third kappa shape index (κ3) is 2.41. The highest BCUT2D eigenvalue weighted by molar-refractivity contribution is 5.81. The van der Waals surface area contributed by atoms with Crippen LogP contribution in [0.2, 0.25) is 0 Å². The van der Waals surface area contributed by atoms with Gasteiger partial charge in [0.1, 0.15) is 5.75 Å². The summed E-state index contributed by atoms with van der Waals surface area (Å²) in [5.74, 6) is 1.27. The van der Waals surface area contributed by atoms with E-state index in [1.807, 2.05) is 0 Å². The third-order valence-corrected chi connectivity index (χ3v) is 3.73. The minimum Gasteiger partial charge on any atom is -0.493 e. The van der Waals surface area contributed by atoms with Crippen molar-refractivity contribution in [1.82, 2.24) is 10.2 Å². The van der Waals surface area contributed by atoms with Crippen LogP contribution in [0.15, 0.2) is 27.8 Å². The Morgan fingerprint density at radius 1 is 1.05 bits per heavy atom. The van der Waals surface area contributed by atoms with E-state index in [0.29, 0.717) is 29.0 Å². The smallest absolute Gasteiger partial charge is 0.270 e. The highest BCUT2D eigenvalue weighted by Gasteiger charge is 2.15. The molecule has 0 unspecified atom stereocenters. The van der Waals surface area contributed by atoms with Gasteiger partial charge in [0.25, 0.3) is 11.1 Å². The van der Waals surface area contributed by atoms with Crippen molar-refractivity contribution in [1.29, 1.82) is 0 Å². The molecule has 0 bridgehead atoms. The monoisotopic (exact) mass is 260 g/mol. The SMILES string of the molecule is O=c1[nH][nH]c(=O)c2cc(OCC3CCCC3)ccc12. The minimum atomic E-state index is -0.305. The van der Waals surface area contributed by atoms with E-state index in [0.717, 1.165) is 0 Å². The van der Waals surface area contributed by atoms with Crippen LogP contribution in [0.5, 0.6) is 5.75 Å². The van der Waals surface area contributed by atoms with E-state index in [4.69, 9.17) is 4.74 Å². The molecular formula is C14H16N2O3. The molecule has 0 amide bonds. The maximum atomic E-state index is 11.7. The predicted octanol–water partition coefficient (Wildman–Crippen LogP) is 1.79. The summed E-state index contributed by atoms with van der Waals surface area (Å²) in [7, 11) is 0. The van der Waals surface area contributed by atoms with Crippen molar-refractivity contribution >= 4 is 10.8 Å². The fourth-order valence-electron chi connectivity index (χ4n) is 2.64. The Morgan fingerprint density at radius 3 is 2.47 bits per heavy atom. The lowest BCUT2D eigenvalue weighted by Gasteiger charge is -2.11. The second-order valence-electron chi connectivity index (χ2n) is 5.08. The highest BCUT2D eigenvalue weighted by atomic mass is 16.5. The van der Waals surface area contributed by atoms with E-state index >= 15 is 0 Å². The summed E-state index contributed by atoms with van der Waals surface area (Å²) in [6, 6.07) is 5.01. The van der Waals surface area contributed by atoms with E-state index in [2.05, 4.69) is 10.2 Å². The fourth-order valence-corrected chi connectivity index (χ4v) is 2.64. The highest BCUT2D eigenvalue weighted by Crippen LogP contribution is 2.26. The normalized spacial score (nSPS) is 16.0. The van der Waals surface area contributed by atoms with Crippen LogP contribution in [-0.2, 0) is 0 Å². The average Bonchev–Trinajstić information content (AvgIpc) is 2.94. The molecule has 1 heterocycles. The van der Waals surface area contributed by atoms with Crippen molar-refractivity contribution in [2.45, 2.75) is 25.7 Å². The van der Waals surface area contributed by atoms with Gasteiger partial charge in [-0.2, -0.15) is 0 Å². The summed E-state index contributed by atoms with van der Waals surface area (Å²) in [6.07, 6.45) is 4.99. The van der Waals surface area contributed by atoms with Gasteiger partial charge in [-0.3, -0.25) is 19.8 Å². The number of hydrogen-bond acceptors (Lipinski definition) is 3. The maximum absolute atomic E-state index is 11.7. The van der Waals surface area contributed by atoms with Crippen molar-refractivity contribution < 1.29 is 4.74 Å². The van der Waals surface area contributed by atoms with E-state index < -0.39 is 0 Å². The lowest BCUT2D eigenvalue weighted by molar-refractivity contribution is 0.252. The average molecular weight is 260 g/mol. The summed E-state index contributed by atoms with van der Waals surface area (Å²) >= 11 is 0. The topological polar surface area (TPSA) is 75.0 Å². The number of hydrogen-bond donors (Lipinski definition) is 2. The van der Waals surface area contributed by atoms with Crippen LogP contribution in [0.4, 0.5) is 0 Å². The molecule has 0 atom stereocenters. The minimum absolute atomic E-state index is 0.294. The first-order valence-electron chi connectivity index (χ1n) is 6.61. The molecule has 1 fully saturated rings. The number of aromatic nitrogens is 2. The Balaban J connectivity index is 1.86. The van der Waals surface area contributed by atoms with Gasteiger partial charge in [-0.15, -0.1) is 0 Å². The lowest BCUT2D eigenvalue weighted by atomic mass is 10.1. The van der Waals surface area contributed by atoms with Crippen LogP contribution in [-0.4, -0.2) is 16.8 Å². The van der Waals surface area contributed by atoms with Crippen molar-refractivity contribution in [3.63, 3.8) is 0 Å². The molecule has 19 heavy (non-hydrogen) atoms. The molecule has 0 spiro atoms. The van der Waals surface area contributed by atoms with Gasteiger partial charge in [0.2, 0.25) is 0 Å². The quantitative estimate of drug-likeness (QED) is 0.883. The molecule has 5 nitrogen and oxygen atoms in total. The zero-order valence-corrected chi connectivity index (χ0v) is 10.6. The van der Waals surface area contributed by atoms with Crippen molar-refractivity contribution in [3.05, 3.63) is 38.9 Å². The number of nitrogens with one attached hydrogen (secondary N) is 2. The first-order chi connectivity index (χ1) is 9.24. The molecule has 2 N–H and O–H groups in total. The van der Waals surface area contributed by atoms with Crippen molar-refractivity contribution in [2.75, 3.05) is 6.61 Å². The Hall–Kier alpha value is -2.04. The van der Waals surface area contributed by atoms with Gasteiger partial charge in [-0.25, -0.2) is 0 Å². The van der Waals surface area contributed by atoms with Crippen LogP contribution in [0.3, 0.4) is 0 Å². The molecule has 0 saturated heterocycles. The molecule has 0 radical (unpaired) electrons. The predicted molar refractivity (Wildman–Crippen MR) is 72.6 cm³/mol. The van der Waals surface area contributed by atoms with E-state index in [1.165, 1.54) is 25.7 Å². The number of benzene rings is 1. The molecule has 1 aromatic heterocycles. The van der Waals surface area contributed by atoms with Crippen LogP contribution in [0, 0.1) is 5.92 Å². The second-order valence-corrected chi connectivity index (χ2v) is 5.08. The Bertz CT molecular complexity index is 696.